The van der Waals surface area contributed by atoms with Gasteiger partial charge in [-0.05, 0) is 55.5 Å². The number of para-hydroxylation sites is 1. The maximum absolute atomic E-state index is 5.81. The maximum atomic E-state index is 5.81. The quantitative estimate of drug-likeness (QED) is 0.353. The molecule has 0 bridgehead atoms. The molecule has 4 N–H and O–H groups in total. The highest BCUT2D eigenvalue weighted by Gasteiger charge is 2.09. The van der Waals surface area contributed by atoms with Gasteiger partial charge in [0.1, 0.15) is 5.75 Å². The second-order valence-electron chi connectivity index (χ2n) is 8.47. The van der Waals surface area contributed by atoms with Crippen LogP contribution in [0.25, 0.3) is 0 Å². The number of methoxy groups -OCH3 is 1. The van der Waals surface area contributed by atoms with Gasteiger partial charge in [-0.2, -0.15) is 15.0 Å². The Morgan fingerprint density at radius 3 is 2.76 bits per heavy atom. The van der Waals surface area contributed by atoms with Crippen molar-refractivity contribution in [3.05, 3.63) is 65.5 Å². The Labute approximate surface area is 221 Å². The van der Waals surface area contributed by atoms with Crippen LogP contribution in [0, 0.1) is 0 Å². The Morgan fingerprint density at radius 1 is 1.22 bits per heavy atom. The molecule has 0 atom stereocenters. The average molecular weight is 507 g/mol. The number of nitrogen functional groups attached to an aromatic ring is 1. The fourth-order valence-corrected chi connectivity index (χ4v) is 3.45. The van der Waals surface area contributed by atoms with Crippen LogP contribution in [0.3, 0.4) is 0 Å². The van der Waals surface area contributed by atoms with Crippen molar-refractivity contribution < 1.29 is 4.74 Å². The van der Waals surface area contributed by atoms with Gasteiger partial charge in [-0.1, -0.05) is 44.5 Å². The number of nitrogens with zero attached hydrogens (tertiary/aromatic N) is 5. The van der Waals surface area contributed by atoms with Crippen molar-refractivity contribution in [2.45, 2.75) is 46.5 Å². The van der Waals surface area contributed by atoms with Gasteiger partial charge in [0.2, 0.25) is 17.8 Å². The molecule has 0 radical (unpaired) electrons. The van der Waals surface area contributed by atoms with Crippen molar-refractivity contribution in [3.8, 4) is 5.75 Å². The third-order valence-corrected chi connectivity index (χ3v) is 5.55. The number of nitrogens with two attached hydrogens (primary N) is 1. The summed E-state index contributed by atoms with van der Waals surface area (Å²) < 4.78 is 5.36. The number of unbranched alkanes of at least 4 members (excludes halogenated alkanes) is 1. The lowest BCUT2D eigenvalue weighted by Gasteiger charge is -2.17. The van der Waals surface area contributed by atoms with Crippen molar-refractivity contribution in [3.63, 3.8) is 0 Å². The fourth-order valence-electron chi connectivity index (χ4n) is 3.45. The lowest BCUT2D eigenvalue weighted by molar-refractivity contribution is 0.410. The summed E-state index contributed by atoms with van der Waals surface area (Å²) >= 11 is 0. The zero-order valence-corrected chi connectivity index (χ0v) is 22.9. The first kappa shape index (κ1) is 29.4. The van der Waals surface area contributed by atoms with E-state index in [-0.39, 0.29) is 5.95 Å². The lowest BCUT2D eigenvalue weighted by atomic mass is 10.1. The second-order valence-corrected chi connectivity index (χ2v) is 8.47. The maximum Gasteiger partial charge on any atom is 0.231 e. The molecule has 1 aliphatic heterocycles. The molecule has 0 aliphatic carbocycles. The molecule has 0 unspecified atom stereocenters. The molecule has 3 rings (SSSR count). The molecular weight excluding hydrogens is 464 g/mol. The number of benzene rings is 1. The monoisotopic (exact) mass is 506 g/mol. The van der Waals surface area contributed by atoms with Crippen molar-refractivity contribution in [1.29, 1.82) is 0 Å². The number of allylic oxidation sites excluding steroid dienone is 4. The molecule has 1 aliphatic rings. The zero-order valence-electron chi connectivity index (χ0n) is 22.9. The van der Waals surface area contributed by atoms with Crippen molar-refractivity contribution in [1.82, 2.24) is 20.3 Å². The molecule has 0 saturated heterocycles. The summed E-state index contributed by atoms with van der Waals surface area (Å²) in [5.41, 5.74) is 9.34. The number of aromatic nitrogens is 3. The van der Waals surface area contributed by atoms with E-state index in [4.69, 9.17) is 10.5 Å². The smallest absolute Gasteiger partial charge is 0.231 e. The Kier molecular flexibility index (Phi) is 13.3. The highest BCUT2D eigenvalue weighted by atomic mass is 16.5. The molecule has 1 aromatic heterocycles. The number of rotatable bonds is 12. The first-order valence-corrected chi connectivity index (χ1v) is 12.9. The Morgan fingerprint density at radius 2 is 2.03 bits per heavy atom. The van der Waals surface area contributed by atoms with E-state index in [0.29, 0.717) is 18.4 Å². The predicted octanol–water partition coefficient (Wildman–Crippen LogP) is 4.77. The molecule has 200 valence electrons. The summed E-state index contributed by atoms with van der Waals surface area (Å²) in [6, 6.07) is 7.96. The molecule has 0 saturated carbocycles. The van der Waals surface area contributed by atoms with Gasteiger partial charge in [-0.15, -0.1) is 0 Å². The molecule has 9 nitrogen and oxygen atoms in total. The molecule has 0 amide bonds. The molecule has 2 aromatic rings. The number of dihydropyridines is 1. The van der Waals surface area contributed by atoms with Crippen LogP contribution in [0.1, 0.15) is 45.6 Å². The van der Waals surface area contributed by atoms with Gasteiger partial charge in [0, 0.05) is 32.6 Å². The Bertz CT molecular complexity index is 1080. The van der Waals surface area contributed by atoms with Crippen molar-refractivity contribution >= 4 is 24.1 Å². The van der Waals surface area contributed by atoms with Gasteiger partial charge < -0.3 is 26.0 Å². The second kappa shape index (κ2) is 16.7. The van der Waals surface area contributed by atoms with E-state index in [1.807, 2.05) is 61.5 Å². The van der Waals surface area contributed by atoms with Crippen molar-refractivity contribution in [2.24, 2.45) is 4.99 Å². The van der Waals surface area contributed by atoms with E-state index < -0.39 is 0 Å². The summed E-state index contributed by atoms with van der Waals surface area (Å²) in [4.78, 5) is 19.1. The SMILES string of the molecule is C/C=C\C=NC1=CC(CC)=CNC1.CCCCN(C)c1nc(N)nc(NCCc2ccccc2OC)n1. The van der Waals surface area contributed by atoms with Crippen LogP contribution in [-0.2, 0) is 6.42 Å². The van der Waals surface area contributed by atoms with Crippen LogP contribution in [0.4, 0.5) is 17.8 Å². The van der Waals surface area contributed by atoms with Crippen molar-refractivity contribution in [2.75, 3.05) is 49.7 Å². The van der Waals surface area contributed by atoms with E-state index in [9.17, 15) is 0 Å². The van der Waals surface area contributed by atoms with Gasteiger partial charge >= 0.3 is 0 Å². The highest BCUT2D eigenvalue weighted by Crippen LogP contribution is 2.18. The van der Waals surface area contributed by atoms with Gasteiger partial charge in [0.25, 0.3) is 0 Å². The van der Waals surface area contributed by atoms with E-state index in [1.165, 1.54) is 5.57 Å². The molecule has 9 heteroatoms. The third-order valence-electron chi connectivity index (χ3n) is 5.55. The van der Waals surface area contributed by atoms with Crippen LogP contribution in [0.5, 0.6) is 5.75 Å². The standard InChI is InChI=1S/C17H26N6O.C11H16N2/c1-4-5-12-23(2)17-21-15(18)20-16(22-17)19-11-10-13-8-6-7-9-14(13)24-3;1-3-5-6-13-11-7-10(4-2)8-12-9-11/h6-9H,4-5,10-12H2,1-3H3,(H3,18,19,20,21,22);3,5-8,12H,4,9H2,1-2H3/b;5-3-,13-6?. The van der Waals surface area contributed by atoms with Crippen LogP contribution in [0.2, 0.25) is 0 Å². The minimum Gasteiger partial charge on any atom is -0.496 e. The first-order valence-electron chi connectivity index (χ1n) is 12.9. The summed E-state index contributed by atoms with van der Waals surface area (Å²) in [6.07, 6.45) is 14.0. The lowest BCUT2D eigenvalue weighted by Crippen LogP contribution is -2.22. The summed E-state index contributed by atoms with van der Waals surface area (Å²) in [6.45, 7) is 8.68. The number of hydrogen-bond acceptors (Lipinski definition) is 9. The van der Waals surface area contributed by atoms with E-state index >= 15 is 0 Å². The number of ether oxygens (including phenoxy) is 1. The number of hydrogen-bond donors (Lipinski definition) is 3. The topological polar surface area (TPSA) is 114 Å². The molecule has 0 spiro atoms. The average Bonchev–Trinajstić information content (AvgIpc) is 2.92. The summed E-state index contributed by atoms with van der Waals surface area (Å²) in [5, 5.41) is 6.41. The minimum absolute atomic E-state index is 0.225. The number of aliphatic imine (C=N–C) groups is 1. The molecular formula is C28H42N8O. The normalized spacial score (nSPS) is 12.9. The van der Waals surface area contributed by atoms with Gasteiger partial charge in [0.05, 0.1) is 19.4 Å². The van der Waals surface area contributed by atoms with Crippen LogP contribution < -0.4 is 26.0 Å². The van der Waals surface area contributed by atoms with E-state index in [0.717, 1.165) is 55.8 Å². The fraction of sp³-hybridized carbons (Fsp3) is 0.429. The Hall–Kier alpha value is -3.88. The first-order chi connectivity index (χ1) is 18.0. The molecule has 1 aromatic carbocycles. The minimum atomic E-state index is 0.225. The van der Waals surface area contributed by atoms with Crippen LogP contribution in [-0.4, -0.2) is 55.0 Å². The predicted molar refractivity (Wildman–Crippen MR) is 155 cm³/mol. The molecule has 0 fully saturated rings. The molecule has 37 heavy (non-hydrogen) atoms. The van der Waals surface area contributed by atoms with E-state index in [1.54, 1.807) is 7.11 Å². The van der Waals surface area contributed by atoms with Gasteiger partial charge in [-0.3, -0.25) is 4.99 Å². The molecule has 2 heterocycles. The third kappa shape index (κ3) is 10.7. The van der Waals surface area contributed by atoms with Crippen LogP contribution >= 0.6 is 0 Å². The Balaban J connectivity index is 0.000000312. The van der Waals surface area contributed by atoms with Gasteiger partial charge in [-0.25, -0.2) is 0 Å². The zero-order chi connectivity index (χ0) is 26.9. The number of nitrogens with one attached hydrogen (secondary N) is 2. The summed E-state index contributed by atoms with van der Waals surface area (Å²) in [5.74, 6) is 2.20. The van der Waals surface area contributed by atoms with Gasteiger partial charge in [0.15, 0.2) is 0 Å². The summed E-state index contributed by atoms with van der Waals surface area (Å²) in [7, 11) is 3.64. The number of anilines is 3. The van der Waals surface area contributed by atoms with Crippen LogP contribution in [0.15, 0.2) is 65.0 Å². The largest absolute Gasteiger partial charge is 0.496 e. The van der Waals surface area contributed by atoms with E-state index in [2.05, 4.69) is 56.7 Å². The highest BCUT2D eigenvalue weighted by molar-refractivity contribution is 5.72.